The number of hydrogen-bond donors (Lipinski definition) is 5. The van der Waals surface area contributed by atoms with E-state index in [0.717, 1.165) is 0 Å². The van der Waals surface area contributed by atoms with E-state index in [1.165, 1.54) is 0 Å². The van der Waals surface area contributed by atoms with Gasteiger partial charge in [-0.1, -0.05) is 7.43 Å². The normalized spacial score (nSPS) is 11.9. The van der Waals surface area contributed by atoms with Crippen LogP contribution in [0.25, 0.3) is 0 Å². The Labute approximate surface area is 75.7 Å². The average molecular weight is 193 g/mol. The number of hydrogen-bond acceptors (Lipinski definition) is 5. The third kappa shape index (κ3) is 7.19. The molecule has 0 bridgehead atoms. The monoisotopic (exact) mass is 193 g/mol. The third-order valence-electron chi connectivity index (χ3n) is 1.07. The second-order valence-electron chi connectivity index (χ2n) is 2.18. The lowest BCUT2D eigenvalue weighted by atomic mass is 10.2. The lowest BCUT2D eigenvalue weighted by Crippen LogP contribution is -2.53. The number of rotatable bonds is 5. The van der Waals surface area contributed by atoms with Gasteiger partial charge in [-0.05, 0) is 0 Å². The minimum absolute atomic E-state index is 0. The molecule has 0 amide bonds. The summed E-state index contributed by atoms with van der Waals surface area (Å²) in [6, 6.07) is -1.25. The van der Waals surface area contributed by atoms with Crippen molar-refractivity contribution in [1.29, 1.82) is 0 Å². The summed E-state index contributed by atoms with van der Waals surface area (Å²) in [6.45, 7) is 0. The highest BCUT2D eigenvalue weighted by Gasteiger charge is 2.21. The molecule has 0 aliphatic rings. The number of carboxylic acid groups (broad SMARTS) is 2. The standard InChI is InChI=1S/C5H11N3O4.CH4/c6-5(7)8-2(4(11)12)1-3(9)10;/h2,5,8H,1,6-7H2,(H,9,10)(H,11,12);1H4/t2-;/m0./s1. The van der Waals surface area contributed by atoms with Crippen molar-refractivity contribution in [2.75, 3.05) is 0 Å². The van der Waals surface area contributed by atoms with Gasteiger partial charge in [0.1, 0.15) is 12.3 Å². The van der Waals surface area contributed by atoms with Gasteiger partial charge in [0.2, 0.25) is 0 Å². The quantitative estimate of drug-likeness (QED) is 0.329. The fraction of sp³-hybridized carbons (Fsp3) is 0.667. The van der Waals surface area contributed by atoms with Crippen LogP contribution in [-0.2, 0) is 9.59 Å². The van der Waals surface area contributed by atoms with Crippen molar-refractivity contribution in [3.63, 3.8) is 0 Å². The van der Waals surface area contributed by atoms with Crippen LogP contribution >= 0.6 is 0 Å². The molecule has 0 unspecified atom stereocenters. The second-order valence-corrected chi connectivity index (χ2v) is 2.18. The van der Waals surface area contributed by atoms with Gasteiger partial charge in [0.15, 0.2) is 0 Å². The minimum Gasteiger partial charge on any atom is -0.481 e. The van der Waals surface area contributed by atoms with Gasteiger partial charge >= 0.3 is 11.9 Å². The number of aliphatic carboxylic acids is 2. The second kappa shape index (κ2) is 6.35. The van der Waals surface area contributed by atoms with E-state index in [1.807, 2.05) is 0 Å². The summed E-state index contributed by atoms with van der Waals surface area (Å²) in [4.78, 5) is 20.4. The van der Waals surface area contributed by atoms with Crippen LogP contribution in [0.3, 0.4) is 0 Å². The minimum atomic E-state index is -1.29. The average Bonchev–Trinajstić information content (AvgIpc) is 1.83. The van der Waals surface area contributed by atoms with E-state index in [0.29, 0.717) is 0 Å². The fourth-order valence-electron chi connectivity index (χ4n) is 0.624. The molecule has 13 heavy (non-hydrogen) atoms. The van der Waals surface area contributed by atoms with Crippen LogP contribution in [0, 0.1) is 0 Å². The van der Waals surface area contributed by atoms with Crippen molar-refractivity contribution in [3.8, 4) is 0 Å². The summed E-state index contributed by atoms with van der Waals surface area (Å²) in [7, 11) is 0. The summed E-state index contributed by atoms with van der Waals surface area (Å²) < 4.78 is 0. The first-order valence-corrected chi connectivity index (χ1v) is 3.15. The van der Waals surface area contributed by atoms with Gasteiger partial charge in [-0.25, -0.2) is 0 Å². The van der Waals surface area contributed by atoms with E-state index in [1.54, 1.807) is 0 Å². The lowest BCUT2D eigenvalue weighted by Gasteiger charge is -2.14. The van der Waals surface area contributed by atoms with Crippen LogP contribution in [0.2, 0.25) is 0 Å². The molecule has 7 N–H and O–H groups in total. The van der Waals surface area contributed by atoms with Gasteiger partial charge in [-0.2, -0.15) is 0 Å². The first-order chi connectivity index (χ1) is 5.43. The predicted molar refractivity (Wildman–Crippen MR) is 45.7 cm³/mol. The summed E-state index contributed by atoms with van der Waals surface area (Å²) in [5.41, 5.74) is 10.0. The molecule has 7 heteroatoms. The van der Waals surface area contributed by atoms with E-state index in [-0.39, 0.29) is 7.43 Å². The van der Waals surface area contributed by atoms with Crippen LogP contribution in [-0.4, -0.2) is 34.5 Å². The Hall–Kier alpha value is -1.18. The molecule has 0 saturated carbocycles. The maximum Gasteiger partial charge on any atom is 0.321 e. The predicted octanol–water partition coefficient (Wildman–Crippen LogP) is -1.66. The molecule has 0 radical (unpaired) electrons. The Kier molecular flexibility index (Phi) is 7.01. The van der Waals surface area contributed by atoms with Crippen molar-refractivity contribution in [3.05, 3.63) is 0 Å². The van der Waals surface area contributed by atoms with E-state index < -0.39 is 30.7 Å². The van der Waals surface area contributed by atoms with Gasteiger partial charge in [0, 0.05) is 0 Å². The summed E-state index contributed by atoms with van der Waals surface area (Å²) in [5, 5.41) is 18.9. The SMILES string of the molecule is C.NC(N)N[C@@H](CC(=O)O)C(=O)O. The molecule has 0 aromatic carbocycles. The third-order valence-corrected chi connectivity index (χ3v) is 1.07. The van der Waals surface area contributed by atoms with Crippen molar-refractivity contribution in [2.24, 2.45) is 11.5 Å². The highest BCUT2D eigenvalue weighted by molar-refractivity contribution is 5.80. The number of carboxylic acids is 2. The van der Waals surface area contributed by atoms with Crippen LogP contribution in [0.15, 0.2) is 0 Å². The molecule has 0 aliphatic heterocycles. The van der Waals surface area contributed by atoms with E-state index >= 15 is 0 Å². The van der Waals surface area contributed by atoms with Crippen molar-refractivity contribution in [1.82, 2.24) is 5.32 Å². The topological polar surface area (TPSA) is 139 Å². The molecule has 78 valence electrons. The molecule has 0 heterocycles. The van der Waals surface area contributed by atoms with Gasteiger partial charge in [0.25, 0.3) is 0 Å². The van der Waals surface area contributed by atoms with Gasteiger partial charge in [-0.15, -0.1) is 0 Å². The molecule has 0 aromatic heterocycles. The fourth-order valence-corrected chi connectivity index (χ4v) is 0.624. The zero-order valence-electron chi connectivity index (χ0n) is 6.23. The van der Waals surface area contributed by atoms with Crippen molar-refractivity contribution < 1.29 is 19.8 Å². The van der Waals surface area contributed by atoms with Crippen molar-refractivity contribution >= 4 is 11.9 Å². The Bertz CT molecular complexity index is 183. The zero-order valence-corrected chi connectivity index (χ0v) is 6.23. The molecular weight excluding hydrogens is 178 g/mol. The smallest absolute Gasteiger partial charge is 0.321 e. The van der Waals surface area contributed by atoms with Gasteiger partial charge in [-0.3, -0.25) is 14.9 Å². The van der Waals surface area contributed by atoms with Crippen LogP contribution in [0.1, 0.15) is 13.8 Å². The molecule has 0 saturated heterocycles. The number of carbonyl (C=O) groups is 2. The molecule has 0 aliphatic carbocycles. The highest BCUT2D eigenvalue weighted by Crippen LogP contribution is 1.91. The van der Waals surface area contributed by atoms with E-state index in [9.17, 15) is 9.59 Å². The summed E-state index contributed by atoms with van der Waals surface area (Å²) in [5.74, 6) is -2.52. The number of nitrogens with one attached hydrogen (secondary N) is 1. The lowest BCUT2D eigenvalue weighted by molar-refractivity contribution is -0.146. The number of nitrogens with two attached hydrogens (primary N) is 2. The molecule has 0 rings (SSSR count). The maximum absolute atomic E-state index is 10.3. The Morgan fingerprint density at radius 3 is 2.00 bits per heavy atom. The zero-order chi connectivity index (χ0) is 9.72. The first kappa shape index (κ1) is 14.3. The van der Waals surface area contributed by atoms with Crippen LogP contribution in [0.4, 0.5) is 0 Å². The largest absolute Gasteiger partial charge is 0.481 e. The van der Waals surface area contributed by atoms with Crippen LogP contribution in [0.5, 0.6) is 0 Å². The van der Waals surface area contributed by atoms with Crippen molar-refractivity contribution in [2.45, 2.75) is 26.2 Å². The van der Waals surface area contributed by atoms with Gasteiger partial charge in [0.05, 0.1) is 6.42 Å². The van der Waals surface area contributed by atoms with E-state index in [4.69, 9.17) is 21.7 Å². The Morgan fingerprint density at radius 2 is 1.77 bits per heavy atom. The molecule has 0 aromatic rings. The van der Waals surface area contributed by atoms with Crippen LogP contribution < -0.4 is 16.8 Å². The maximum atomic E-state index is 10.3. The molecule has 1 atom stereocenters. The molecule has 7 nitrogen and oxygen atoms in total. The molecular formula is C6H15N3O4. The Balaban J connectivity index is 0. The summed E-state index contributed by atoms with van der Waals surface area (Å²) >= 11 is 0. The highest BCUT2D eigenvalue weighted by atomic mass is 16.4. The first-order valence-electron chi connectivity index (χ1n) is 3.15. The molecule has 0 spiro atoms. The summed E-state index contributed by atoms with van der Waals surface area (Å²) in [6.07, 6.45) is -1.59. The van der Waals surface area contributed by atoms with E-state index in [2.05, 4.69) is 5.32 Å². The van der Waals surface area contributed by atoms with Gasteiger partial charge < -0.3 is 21.7 Å². The Morgan fingerprint density at radius 1 is 1.31 bits per heavy atom. The molecule has 0 fully saturated rings.